The monoisotopic (exact) mass is 271 g/mol. The van der Waals surface area contributed by atoms with E-state index in [9.17, 15) is 0 Å². The van der Waals surface area contributed by atoms with Crippen LogP contribution >= 0.6 is 0 Å². The topological polar surface area (TPSA) is 31.4 Å². The smallest absolute Gasteiger partial charge is 0.164 e. The molecule has 1 aromatic heterocycles. The van der Waals surface area contributed by atoms with Gasteiger partial charge in [-0.1, -0.05) is 19.4 Å². The van der Waals surface area contributed by atoms with Gasteiger partial charge in [-0.15, -0.1) is 0 Å². The number of benzene rings is 1. The number of methoxy groups -OCH3 is 2. The molecule has 106 valence electrons. The summed E-state index contributed by atoms with van der Waals surface area (Å²) in [5, 5.41) is 0. The Morgan fingerprint density at radius 2 is 1.90 bits per heavy atom. The van der Waals surface area contributed by atoms with Gasteiger partial charge in [0.05, 0.1) is 19.9 Å². The molecular formula is C17H21NO2. The van der Waals surface area contributed by atoms with Crippen LogP contribution in [0.5, 0.6) is 11.5 Å². The fourth-order valence-corrected chi connectivity index (χ4v) is 2.35. The summed E-state index contributed by atoms with van der Waals surface area (Å²) in [7, 11) is 3.36. The summed E-state index contributed by atoms with van der Waals surface area (Å²) in [5.74, 6) is 1.60. The first kappa shape index (κ1) is 14.4. The SMILES string of the molecule is CCCCc1c(-c2ccccn2)ccc(OC)c1OC. The molecular weight excluding hydrogens is 250 g/mol. The number of aromatic nitrogens is 1. The van der Waals surface area contributed by atoms with Crippen LogP contribution in [-0.4, -0.2) is 19.2 Å². The second-order valence-electron chi connectivity index (χ2n) is 4.65. The number of ether oxygens (including phenoxy) is 2. The van der Waals surface area contributed by atoms with Crippen molar-refractivity contribution < 1.29 is 9.47 Å². The van der Waals surface area contributed by atoms with Gasteiger partial charge in [-0.2, -0.15) is 0 Å². The van der Waals surface area contributed by atoms with Crippen LogP contribution in [0.25, 0.3) is 11.3 Å². The summed E-state index contributed by atoms with van der Waals surface area (Å²) < 4.78 is 11.0. The molecule has 2 aromatic rings. The van der Waals surface area contributed by atoms with Crippen LogP contribution in [0.15, 0.2) is 36.5 Å². The van der Waals surface area contributed by atoms with Crippen molar-refractivity contribution in [2.75, 3.05) is 14.2 Å². The molecule has 3 heteroatoms. The predicted octanol–water partition coefficient (Wildman–Crippen LogP) is 4.11. The maximum Gasteiger partial charge on any atom is 0.164 e. The molecule has 1 heterocycles. The lowest BCUT2D eigenvalue weighted by Crippen LogP contribution is -2.00. The highest BCUT2D eigenvalue weighted by Crippen LogP contribution is 2.38. The van der Waals surface area contributed by atoms with E-state index in [0.717, 1.165) is 42.0 Å². The van der Waals surface area contributed by atoms with E-state index >= 15 is 0 Å². The van der Waals surface area contributed by atoms with E-state index in [0.29, 0.717) is 0 Å². The Kier molecular flexibility index (Phi) is 4.99. The van der Waals surface area contributed by atoms with Crippen molar-refractivity contribution in [2.24, 2.45) is 0 Å². The maximum absolute atomic E-state index is 5.57. The lowest BCUT2D eigenvalue weighted by atomic mass is 9.97. The van der Waals surface area contributed by atoms with Crippen molar-refractivity contribution in [3.8, 4) is 22.8 Å². The van der Waals surface area contributed by atoms with Gasteiger partial charge in [-0.25, -0.2) is 0 Å². The Balaban J connectivity index is 2.55. The van der Waals surface area contributed by atoms with Gasteiger partial charge in [0.25, 0.3) is 0 Å². The Morgan fingerprint density at radius 1 is 1.05 bits per heavy atom. The summed E-state index contributed by atoms with van der Waals surface area (Å²) in [6.45, 7) is 2.19. The molecule has 0 unspecified atom stereocenters. The number of unbranched alkanes of at least 4 members (excludes halogenated alkanes) is 1. The minimum atomic E-state index is 0.776. The minimum absolute atomic E-state index is 0.776. The van der Waals surface area contributed by atoms with Crippen molar-refractivity contribution in [3.63, 3.8) is 0 Å². The van der Waals surface area contributed by atoms with Gasteiger partial charge in [-0.05, 0) is 37.1 Å². The Morgan fingerprint density at radius 3 is 2.50 bits per heavy atom. The molecule has 0 saturated carbocycles. The molecule has 2 rings (SSSR count). The average molecular weight is 271 g/mol. The molecule has 0 fully saturated rings. The van der Waals surface area contributed by atoms with Gasteiger partial charge < -0.3 is 9.47 Å². The molecule has 0 N–H and O–H groups in total. The fraction of sp³-hybridized carbons (Fsp3) is 0.353. The highest BCUT2D eigenvalue weighted by atomic mass is 16.5. The molecule has 20 heavy (non-hydrogen) atoms. The van der Waals surface area contributed by atoms with E-state index in [2.05, 4.69) is 18.0 Å². The molecule has 0 saturated heterocycles. The quantitative estimate of drug-likeness (QED) is 0.792. The second-order valence-corrected chi connectivity index (χ2v) is 4.65. The standard InChI is InChI=1S/C17H21NO2/c1-4-5-8-14-13(15-9-6-7-12-18-15)10-11-16(19-2)17(14)20-3/h6-7,9-12H,4-5,8H2,1-3H3. The van der Waals surface area contributed by atoms with E-state index in [1.807, 2.05) is 30.5 Å². The second kappa shape index (κ2) is 6.94. The van der Waals surface area contributed by atoms with E-state index < -0.39 is 0 Å². The predicted molar refractivity (Wildman–Crippen MR) is 81.4 cm³/mol. The molecule has 0 bridgehead atoms. The van der Waals surface area contributed by atoms with Crippen molar-refractivity contribution in [2.45, 2.75) is 26.2 Å². The Bertz CT molecular complexity index is 552. The van der Waals surface area contributed by atoms with E-state index in [1.165, 1.54) is 5.56 Å². The Labute approximate surface area is 120 Å². The number of pyridine rings is 1. The van der Waals surface area contributed by atoms with Crippen LogP contribution in [0, 0.1) is 0 Å². The molecule has 0 aliphatic carbocycles. The van der Waals surface area contributed by atoms with E-state index in [1.54, 1.807) is 14.2 Å². The molecule has 0 spiro atoms. The van der Waals surface area contributed by atoms with Gasteiger partial charge in [0.15, 0.2) is 11.5 Å². The largest absolute Gasteiger partial charge is 0.493 e. The first-order chi connectivity index (χ1) is 9.81. The zero-order chi connectivity index (χ0) is 14.4. The van der Waals surface area contributed by atoms with Crippen molar-refractivity contribution in [1.82, 2.24) is 4.98 Å². The third-order valence-electron chi connectivity index (χ3n) is 3.37. The van der Waals surface area contributed by atoms with E-state index in [4.69, 9.17) is 9.47 Å². The summed E-state index contributed by atoms with van der Waals surface area (Å²) in [5.41, 5.74) is 3.27. The van der Waals surface area contributed by atoms with Crippen LogP contribution in [0.3, 0.4) is 0 Å². The van der Waals surface area contributed by atoms with Crippen LogP contribution in [-0.2, 0) is 6.42 Å². The molecule has 0 radical (unpaired) electrons. The third-order valence-corrected chi connectivity index (χ3v) is 3.37. The first-order valence-electron chi connectivity index (χ1n) is 6.97. The van der Waals surface area contributed by atoms with Crippen LogP contribution < -0.4 is 9.47 Å². The average Bonchev–Trinajstić information content (AvgIpc) is 2.52. The molecule has 0 atom stereocenters. The number of rotatable bonds is 6. The van der Waals surface area contributed by atoms with Crippen molar-refractivity contribution in [1.29, 1.82) is 0 Å². The van der Waals surface area contributed by atoms with Gasteiger partial charge >= 0.3 is 0 Å². The molecule has 0 amide bonds. The van der Waals surface area contributed by atoms with Gasteiger partial charge in [0.1, 0.15) is 0 Å². The highest BCUT2D eigenvalue weighted by Gasteiger charge is 2.16. The minimum Gasteiger partial charge on any atom is -0.493 e. The summed E-state index contributed by atoms with van der Waals surface area (Å²) in [4.78, 5) is 4.45. The van der Waals surface area contributed by atoms with Crippen LogP contribution in [0.2, 0.25) is 0 Å². The number of nitrogens with zero attached hydrogens (tertiary/aromatic N) is 1. The van der Waals surface area contributed by atoms with Gasteiger partial charge in [0.2, 0.25) is 0 Å². The zero-order valence-electron chi connectivity index (χ0n) is 12.3. The summed E-state index contributed by atoms with van der Waals surface area (Å²) in [6.07, 6.45) is 5.03. The van der Waals surface area contributed by atoms with Crippen LogP contribution in [0.4, 0.5) is 0 Å². The molecule has 0 aliphatic heterocycles. The maximum atomic E-state index is 5.57. The van der Waals surface area contributed by atoms with Crippen molar-refractivity contribution in [3.05, 3.63) is 42.1 Å². The Hall–Kier alpha value is -2.03. The van der Waals surface area contributed by atoms with Crippen LogP contribution in [0.1, 0.15) is 25.3 Å². The lowest BCUT2D eigenvalue weighted by Gasteiger charge is -2.16. The lowest BCUT2D eigenvalue weighted by molar-refractivity contribution is 0.351. The number of hydrogen-bond donors (Lipinski definition) is 0. The van der Waals surface area contributed by atoms with Gasteiger partial charge in [0, 0.05) is 17.3 Å². The number of hydrogen-bond acceptors (Lipinski definition) is 3. The van der Waals surface area contributed by atoms with E-state index in [-0.39, 0.29) is 0 Å². The highest BCUT2D eigenvalue weighted by molar-refractivity contribution is 5.70. The molecule has 1 aromatic carbocycles. The summed E-state index contributed by atoms with van der Waals surface area (Å²) >= 11 is 0. The first-order valence-corrected chi connectivity index (χ1v) is 6.97. The third kappa shape index (κ3) is 2.93. The van der Waals surface area contributed by atoms with Gasteiger partial charge in [-0.3, -0.25) is 4.98 Å². The summed E-state index contributed by atoms with van der Waals surface area (Å²) in [6, 6.07) is 9.96. The normalized spacial score (nSPS) is 10.3. The molecule has 0 aliphatic rings. The fourth-order valence-electron chi connectivity index (χ4n) is 2.35. The van der Waals surface area contributed by atoms with Crippen molar-refractivity contribution >= 4 is 0 Å². The zero-order valence-corrected chi connectivity index (χ0v) is 12.3. The molecule has 3 nitrogen and oxygen atoms in total.